The van der Waals surface area contributed by atoms with Crippen LogP contribution in [0.15, 0.2) is 0 Å². The summed E-state index contributed by atoms with van der Waals surface area (Å²) < 4.78 is 20.4. The fourth-order valence-electron chi connectivity index (χ4n) is 5.77. The van der Waals surface area contributed by atoms with Crippen LogP contribution in [0.5, 0.6) is 0 Å². The van der Waals surface area contributed by atoms with E-state index in [9.17, 15) is 9.18 Å². The van der Waals surface area contributed by atoms with Crippen LogP contribution in [0.4, 0.5) is 4.39 Å². The molecule has 0 aromatic carbocycles. The molecule has 0 bridgehead atoms. The molecule has 0 aromatic rings. The van der Waals surface area contributed by atoms with Crippen molar-refractivity contribution in [3.8, 4) is 0 Å². The molecule has 2 unspecified atom stereocenters. The maximum atomic E-state index is 14.7. The van der Waals surface area contributed by atoms with Crippen LogP contribution in [0.25, 0.3) is 0 Å². The lowest BCUT2D eigenvalue weighted by Gasteiger charge is -2.19. The molecule has 0 rings (SSSR count). The molecule has 0 aliphatic carbocycles. The third-order valence-electron chi connectivity index (χ3n) is 8.62. The molecule has 0 saturated carbocycles. The molecule has 1 N–H and O–H groups in total. The average molecular weight is 570 g/mol. The molecular weight excluding hydrogens is 497 g/mol. The lowest BCUT2D eigenvalue weighted by atomic mass is 10.00. The van der Waals surface area contributed by atoms with Crippen LogP contribution >= 0.6 is 0 Å². The first-order valence-electron chi connectivity index (χ1n) is 18.1. The highest BCUT2D eigenvalue weighted by atomic mass is 19.1. The van der Waals surface area contributed by atoms with Gasteiger partial charge in [-0.1, -0.05) is 149 Å². The van der Waals surface area contributed by atoms with Crippen LogP contribution in [0.2, 0.25) is 0 Å². The maximum absolute atomic E-state index is 14.7. The van der Waals surface area contributed by atoms with E-state index < -0.39 is 12.1 Å². The minimum absolute atomic E-state index is 0.0991. The number of hydrogen-bond donors (Lipinski definition) is 1. The van der Waals surface area contributed by atoms with Gasteiger partial charge < -0.3 is 10.1 Å². The summed E-state index contributed by atoms with van der Waals surface area (Å²) in [5.41, 5.74) is 0. The fraction of sp³-hybridized carbons (Fsp3) is 0.972. The smallest absolute Gasteiger partial charge is 0.340 e. The van der Waals surface area contributed by atoms with Gasteiger partial charge in [0.2, 0.25) is 0 Å². The van der Waals surface area contributed by atoms with Crippen molar-refractivity contribution in [2.45, 2.75) is 219 Å². The van der Waals surface area contributed by atoms with E-state index in [2.05, 4.69) is 33.1 Å². The number of nitrogens with one attached hydrogen (secondary N) is 1. The van der Waals surface area contributed by atoms with Crippen molar-refractivity contribution in [2.24, 2.45) is 0 Å². The fourth-order valence-corrected chi connectivity index (χ4v) is 5.77. The quantitative estimate of drug-likeness (QED) is 0.0646. The number of carbonyl (C=O) groups excluding carboxylic acids is 1. The number of alkyl halides is 1. The van der Waals surface area contributed by atoms with Crippen LogP contribution in [0, 0.1) is 0 Å². The summed E-state index contributed by atoms with van der Waals surface area (Å²) in [6.45, 7) is 6.75. The van der Waals surface area contributed by atoms with E-state index in [0.29, 0.717) is 12.5 Å². The molecular formula is C36H72FNO2. The Morgan fingerprint density at radius 1 is 0.525 bits per heavy atom. The SMILES string of the molecule is CCCCCCCCCC(CCCCCCC(F)C(=O)OC(CCCCCCCC)CCCCCCCC)NC. The summed E-state index contributed by atoms with van der Waals surface area (Å²) in [7, 11) is 2.08. The Morgan fingerprint density at radius 3 is 1.23 bits per heavy atom. The molecule has 240 valence electrons. The Hall–Kier alpha value is -0.640. The molecule has 0 radical (unpaired) electrons. The zero-order valence-corrected chi connectivity index (χ0v) is 27.7. The highest BCUT2D eigenvalue weighted by molar-refractivity contribution is 5.74. The standard InChI is InChI=1S/C36H72FNO2/c1-5-8-11-14-17-18-23-28-33(38-4)29-24-21-22-27-32-35(37)36(39)40-34(30-25-19-15-12-9-6-2)31-26-20-16-13-10-7-3/h33-35,38H,5-32H2,1-4H3. The zero-order valence-electron chi connectivity index (χ0n) is 27.7. The van der Waals surface area contributed by atoms with Crippen LogP contribution < -0.4 is 5.32 Å². The van der Waals surface area contributed by atoms with Gasteiger partial charge in [0.05, 0.1) is 0 Å². The van der Waals surface area contributed by atoms with Crippen LogP contribution in [0.1, 0.15) is 201 Å². The number of ether oxygens (including phenoxy) is 1. The van der Waals surface area contributed by atoms with Gasteiger partial charge in [-0.25, -0.2) is 9.18 Å². The summed E-state index contributed by atoms with van der Waals surface area (Å²) in [4.78, 5) is 12.5. The third kappa shape index (κ3) is 26.3. The first-order chi connectivity index (χ1) is 19.6. The maximum Gasteiger partial charge on any atom is 0.340 e. The van der Waals surface area contributed by atoms with E-state index in [0.717, 1.165) is 44.9 Å². The molecule has 40 heavy (non-hydrogen) atoms. The Labute approximate surface area is 251 Å². The summed E-state index contributed by atoms with van der Waals surface area (Å²) in [6, 6.07) is 0.606. The van der Waals surface area contributed by atoms with Crippen LogP contribution in [-0.4, -0.2) is 31.3 Å². The minimum Gasteiger partial charge on any atom is -0.460 e. The Balaban J connectivity index is 4.12. The van der Waals surface area contributed by atoms with E-state index in [1.165, 1.54) is 128 Å². The topological polar surface area (TPSA) is 38.3 Å². The molecule has 0 aliphatic heterocycles. The molecule has 2 atom stereocenters. The van der Waals surface area contributed by atoms with Gasteiger partial charge in [-0.15, -0.1) is 0 Å². The molecule has 0 aromatic heterocycles. The van der Waals surface area contributed by atoms with E-state index in [4.69, 9.17) is 4.74 Å². The Kier molecular flexibility index (Phi) is 30.8. The van der Waals surface area contributed by atoms with Gasteiger partial charge >= 0.3 is 5.97 Å². The van der Waals surface area contributed by atoms with Crippen molar-refractivity contribution in [3.63, 3.8) is 0 Å². The van der Waals surface area contributed by atoms with Gasteiger partial charge in [-0.2, -0.15) is 0 Å². The van der Waals surface area contributed by atoms with Gasteiger partial charge in [0.15, 0.2) is 6.17 Å². The predicted molar refractivity (Wildman–Crippen MR) is 174 cm³/mol. The van der Waals surface area contributed by atoms with Crippen molar-refractivity contribution in [1.29, 1.82) is 0 Å². The monoisotopic (exact) mass is 570 g/mol. The molecule has 0 fully saturated rings. The zero-order chi connectivity index (χ0) is 29.5. The Morgan fingerprint density at radius 2 is 0.850 bits per heavy atom. The Bertz CT molecular complexity index is 499. The van der Waals surface area contributed by atoms with Crippen molar-refractivity contribution < 1.29 is 13.9 Å². The second kappa shape index (κ2) is 31.3. The lowest BCUT2D eigenvalue weighted by molar-refractivity contribution is -0.156. The largest absolute Gasteiger partial charge is 0.460 e. The normalized spacial score (nSPS) is 13.2. The van der Waals surface area contributed by atoms with Crippen LogP contribution in [-0.2, 0) is 9.53 Å². The number of esters is 1. The van der Waals surface area contributed by atoms with E-state index in [1.807, 2.05) is 0 Å². The molecule has 0 aliphatic rings. The molecule has 4 heteroatoms. The van der Waals surface area contributed by atoms with E-state index in [-0.39, 0.29) is 6.10 Å². The number of rotatable bonds is 32. The van der Waals surface area contributed by atoms with Crippen molar-refractivity contribution >= 4 is 5.97 Å². The molecule has 0 heterocycles. The summed E-state index contributed by atoms with van der Waals surface area (Å²) in [5.74, 6) is -0.605. The average Bonchev–Trinajstić information content (AvgIpc) is 2.96. The lowest BCUT2D eigenvalue weighted by Crippen LogP contribution is -2.26. The first kappa shape index (κ1) is 39.4. The van der Waals surface area contributed by atoms with Crippen molar-refractivity contribution in [3.05, 3.63) is 0 Å². The first-order valence-corrected chi connectivity index (χ1v) is 18.1. The van der Waals surface area contributed by atoms with Gasteiger partial charge in [-0.3, -0.25) is 0 Å². The number of halogens is 1. The summed E-state index contributed by atoms with van der Waals surface area (Å²) >= 11 is 0. The highest BCUT2D eigenvalue weighted by Gasteiger charge is 2.22. The molecule has 3 nitrogen and oxygen atoms in total. The number of hydrogen-bond acceptors (Lipinski definition) is 3. The van der Waals surface area contributed by atoms with Gasteiger partial charge in [-0.05, 0) is 58.4 Å². The van der Waals surface area contributed by atoms with Crippen molar-refractivity contribution in [1.82, 2.24) is 5.32 Å². The molecule has 0 amide bonds. The summed E-state index contributed by atoms with van der Waals surface area (Å²) in [6.07, 6.45) is 31.4. The third-order valence-corrected chi connectivity index (χ3v) is 8.62. The van der Waals surface area contributed by atoms with Gasteiger partial charge in [0.25, 0.3) is 0 Å². The summed E-state index contributed by atoms with van der Waals surface area (Å²) in [5, 5.41) is 3.49. The second-order valence-corrected chi connectivity index (χ2v) is 12.5. The number of unbranched alkanes of at least 4 members (excludes halogenated alkanes) is 19. The minimum atomic E-state index is -1.46. The van der Waals surface area contributed by atoms with Crippen LogP contribution in [0.3, 0.4) is 0 Å². The van der Waals surface area contributed by atoms with E-state index >= 15 is 0 Å². The molecule has 0 saturated heterocycles. The van der Waals surface area contributed by atoms with Gasteiger partial charge in [0.1, 0.15) is 6.10 Å². The highest BCUT2D eigenvalue weighted by Crippen LogP contribution is 2.20. The predicted octanol–water partition coefficient (Wildman–Crippen LogP) is 11.8. The van der Waals surface area contributed by atoms with Crippen molar-refractivity contribution in [2.75, 3.05) is 7.05 Å². The molecule has 0 spiro atoms. The van der Waals surface area contributed by atoms with Gasteiger partial charge in [0, 0.05) is 6.04 Å². The van der Waals surface area contributed by atoms with E-state index in [1.54, 1.807) is 0 Å². The number of carbonyl (C=O) groups is 1. The second-order valence-electron chi connectivity index (χ2n) is 12.5.